The molecular formula is C8H9N5OS2. The Morgan fingerprint density at radius 3 is 2.75 bits per heavy atom. The Hall–Kier alpha value is -1.59. The number of hydrogen-bond acceptors (Lipinski definition) is 8. The number of ketones is 1. The maximum absolute atomic E-state index is 11.5. The SMILES string of the molecule is C/C(N)=C(/C#N)C(=O)CSc1nnc(N)s1. The van der Waals surface area contributed by atoms with E-state index < -0.39 is 0 Å². The van der Waals surface area contributed by atoms with Gasteiger partial charge < -0.3 is 11.5 Å². The Balaban J connectivity index is 2.61. The molecule has 1 aromatic rings. The fourth-order valence-electron chi connectivity index (χ4n) is 0.849. The number of Topliss-reactive ketones (excluding diaryl/α,β-unsaturated/α-hetero) is 1. The first-order valence-corrected chi connectivity index (χ1v) is 5.96. The van der Waals surface area contributed by atoms with Crippen LogP contribution < -0.4 is 11.5 Å². The fourth-order valence-corrected chi connectivity index (χ4v) is 2.36. The molecule has 0 saturated carbocycles. The third kappa shape index (κ3) is 3.22. The summed E-state index contributed by atoms with van der Waals surface area (Å²) in [6, 6.07) is 1.78. The quantitative estimate of drug-likeness (QED) is 0.457. The first kappa shape index (κ1) is 12.5. The molecule has 1 heterocycles. The van der Waals surface area contributed by atoms with Crippen molar-refractivity contribution in [2.24, 2.45) is 5.73 Å². The molecule has 0 spiro atoms. The summed E-state index contributed by atoms with van der Waals surface area (Å²) < 4.78 is 0.595. The molecule has 1 aromatic heterocycles. The van der Waals surface area contributed by atoms with Crippen LogP contribution in [0.4, 0.5) is 5.13 Å². The molecule has 0 bridgehead atoms. The van der Waals surface area contributed by atoms with Crippen LogP contribution in [0.1, 0.15) is 6.92 Å². The lowest BCUT2D eigenvalue weighted by Crippen LogP contribution is -2.10. The van der Waals surface area contributed by atoms with Gasteiger partial charge in [-0.3, -0.25) is 4.79 Å². The molecule has 16 heavy (non-hydrogen) atoms. The van der Waals surface area contributed by atoms with Crippen molar-refractivity contribution >= 4 is 34.0 Å². The lowest BCUT2D eigenvalue weighted by Gasteiger charge is -1.98. The Labute approximate surface area is 100 Å². The average Bonchev–Trinajstić information content (AvgIpc) is 2.62. The summed E-state index contributed by atoms with van der Waals surface area (Å²) in [4.78, 5) is 11.5. The van der Waals surface area contributed by atoms with Crippen molar-refractivity contribution < 1.29 is 4.79 Å². The highest BCUT2D eigenvalue weighted by atomic mass is 32.2. The highest BCUT2D eigenvalue weighted by Crippen LogP contribution is 2.24. The van der Waals surface area contributed by atoms with E-state index in [0.717, 1.165) is 0 Å². The second-order valence-electron chi connectivity index (χ2n) is 2.79. The second-order valence-corrected chi connectivity index (χ2v) is 5.02. The summed E-state index contributed by atoms with van der Waals surface area (Å²) in [7, 11) is 0. The molecule has 0 aromatic carbocycles. The largest absolute Gasteiger partial charge is 0.401 e. The third-order valence-electron chi connectivity index (χ3n) is 1.53. The molecule has 6 nitrogen and oxygen atoms in total. The third-order valence-corrected chi connectivity index (χ3v) is 3.42. The molecule has 84 valence electrons. The van der Waals surface area contributed by atoms with Crippen molar-refractivity contribution in [1.82, 2.24) is 10.2 Å². The number of hydrogen-bond donors (Lipinski definition) is 2. The number of nitrogens with two attached hydrogens (primary N) is 2. The fraction of sp³-hybridized carbons (Fsp3) is 0.250. The summed E-state index contributed by atoms with van der Waals surface area (Å²) >= 11 is 2.38. The van der Waals surface area contributed by atoms with Crippen LogP contribution in [-0.2, 0) is 4.79 Å². The van der Waals surface area contributed by atoms with Gasteiger partial charge in [0.05, 0.1) is 5.75 Å². The van der Waals surface area contributed by atoms with Gasteiger partial charge in [0, 0.05) is 5.70 Å². The summed E-state index contributed by atoms with van der Waals surface area (Å²) in [5.41, 5.74) is 11.0. The molecule has 0 saturated heterocycles. The van der Waals surface area contributed by atoms with Crippen LogP contribution in [0.2, 0.25) is 0 Å². The lowest BCUT2D eigenvalue weighted by molar-refractivity contribution is -0.112. The smallest absolute Gasteiger partial charge is 0.203 e. The minimum atomic E-state index is -0.318. The minimum Gasteiger partial charge on any atom is -0.401 e. The van der Waals surface area contributed by atoms with E-state index in [0.29, 0.717) is 9.47 Å². The Kier molecular flexibility index (Phi) is 4.28. The zero-order valence-electron chi connectivity index (χ0n) is 8.43. The Morgan fingerprint density at radius 2 is 2.31 bits per heavy atom. The van der Waals surface area contributed by atoms with Crippen LogP contribution >= 0.6 is 23.1 Å². The molecule has 0 radical (unpaired) electrons. The average molecular weight is 255 g/mol. The number of anilines is 1. The zero-order chi connectivity index (χ0) is 12.1. The molecule has 0 aliphatic heterocycles. The molecule has 0 atom stereocenters. The van der Waals surface area contributed by atoms with Gasteiger partial charge in [-0.15, -0.1) is 10.2 Å². The van der Waals surface area contributed by atoms with Gasteiger partial charge >= 0.3 is 0 Å². The molecule has 0 fully saturated rings. The molecule has 0 aliphatic rings. The van der Waals surface area contributed by atoms with Crippen LogP contribution in [0.3, 0.4) is 0 Å². The minimum absolute atomic E-state index is 0.00927. The van der Waals surface area contributed by atoms with Gasteiger partial charge in [-0.2, -0.15) is 5.26 Å². The molecule has 4 N–H and O–H groups in total. The van der Waals surface area contributed by atoms with Gasteiger partial charge in [-0.05, 0) is 6.92 Å². The van der Waals surface area contributed by atoms with Gasteiger partial charge in [-0.25, -0.2) is 0 Å². The summed E-state index contributed by atoms with van der Waals surface area (Å²) in [5, 5.41) is 16.4. The van der Waals surface area contributed by atoms with E-state index in [4.69, 9.17) is 16.7 Å². The van der Waals surface area contributed by atoms with Gasteiger partial charge in [0.15, 0.2) is 10.1 Å². The van der Waals surface area contributed by atoms with Crippen molar-refractivity contribution in [1.29, 1.82) is 5.26 Å². The summed E-state index contributed by atoms with van der Waals surface area (Å²) in [6.07, 6.45) is 0. The highest BCUT2D eigenvalue weighted by molar-refractivity contribution is 8.01. The van der Waals surface area contributed by atoms with Gasteiger partial charge in [0.25, 0.3) is 0 Å². The number of nitriles is 1. The monoisotopic (exact) mass is 255 g/mol. The van der Waals surface area contributed by atoms with Crippen LogP contribution in [0, 0.1) is 11.3 Å². The number of allylic oxidation sites excluding steroid dienone is 2. The molecule has 0 aliphatic carbocycles. The number of thioether (sulfide) groups is 1. The van der Waals surface area contributed by atoms with E-state index in [1.807, 2.05) is 0 Å². The molecule has 0 amide bonds. The van der Waals surface area contributed by atoms with E-state index in [1.165, 1.54) is 30.0 Å². The first-order valence-electron chi connectivity index (χ1n) is 4.16. The maximum atomic E-state index is 11.5. The van der Waals surface area contributed by atoms with E-state index in [-0.39, 0.29) is 22.8 Å². The van der Waals surface area contributed by atoms with Gasteiger partial charge in [0.2, 0.25) is 5.13 Å². The number of aromatic nitrogens is 2. The normalized spacial score (nSPS) is 11.8. The van der Waals surface area contributed by atoms with Gasteiger partial charge in [0.1, 0.15) is 11.6 Å². The van der Waals surface area contributed by atoms with Crippen molar-refractivity contribution in [3.8, 4) is 6.07 Å². The lowest BCUT2D eigenvalue weighted by atomic mass is 10.2. The predicted molar refractivity (Wildman–Crippen MR) is 62.6 cm³/mol. The molecule has 0 unspecified atom stereocenters. The number of carbonyl (C=O) groups is 1. The Bertz CT molecular complexity index is 469. The van der Waals surface area contributed by atoms with E-state index >= 15 is 0 Å². The first-order chi connectivity index (χ1) is 7.54. The second kappa shape index (κ2) is 5.48. The van der Waals surface area contributed by atoms with E-state index in [9.17, 15) is 4.79 Å². The van der Waals surface area contributed by atoms with Crippen molar-refractivity contribution in [2.45, 2.75) is 11.3 Å². The van der Waals surface area contributed by atoms with Gasteiger partial charge in [-0.1, -0.05) is 23.1 Å². The number of nitrogens with zero attached hydrogens (tertiary/aromatic N) is 3. The van der Waals surface area contributed by atoms with E-state index in [2.05, 4.69) is 10.2 Å². The Morgan fingerprint density at radius 1 is 1.62 bits per heavy atom. The zero-order valence-corrected chi connectivity index (χ0v) is 10.1. The molecule has 8 heteroatoms. The molecule has 1 rings (SSSR count). The van der Waals surface area contributed by atoms with E-state index in [1.54, 1.807) is 6.07 Å². The summed E-state index contributed by atoms with van der Waals surface area (Å²) in [6.45, 7) is 1.52. The van der Waals surface area contributed by atoms with Crippen molar-refractivity contribution in [2.75, 3.05) is 11.5 Å². The number of rotatable bonds is 4. The van der Waals surface area contributed by atoms with Crippen molar-refractivity contribution in [3.63, 3.8) is 0 Å². The van der Waals surface area contributed by atoms with Crippen LogP contribution in [0.25, 0.3) is 0 Å². The van der Waals surface area contributed by atoms with Crippen LogP contribution in [0.5, 0.6) is 0 Å². The number of nitrogen functional groups attached to an aromatic ring is 1. The van der Waals surface area contributed by atoms with Crippen LogP contribution in [-0.4, -0.2) is 21.7 Å². The maximum Gasteiger partial charge on any atom is 0.203 e. The topological polar surface area (TPSA) is 119 Å². The standard InChI is InChI=1S/C8H9N5OS2/c1-4(10)5(2-9)6(14)3-15-8-13-12-7(11)16-8/h3,10H2,1H3,(H2,11,12)/b5-4+. The molecular weight excluding hydrogens is 246 g/mol. The van der Waals surface area contributed by atoms with Crippen LogP contribution in [0.15, 0.2) is 15.6 Å². The summed E-state index contributed by atoms with van der Waals surface area (Å²) in [5.74, 6) is -0.215. The highest BCUT2D eigenvalue weighted by Gasteiger charge is 2.13. The number of carbonyl (C=O) groups excluding carboxylic acids is 1. The predicted octanol–water partition coefficient (Wildman–Crippen LogP) is 0.538. The van der Waals surface area contributed by atoms with Crippen molar-refractivity contribution in [3.05, 3.63) is 11.3 Å².